The molecule has 0 amide bonds. The van der Waals surface area contributed by atoms with Gasteiger partial charge in [0.05, 0.1) is 23.4 Å². The fraction of sp³-hybridized carbons (Fsp3) is 0.519. The van der Waals surface area contributed by atoms with Crippen molar-refractivity contribution in [1.82, 2.24) is 14.8 Å². The number of nitrogens with one attached hydrogen (secondary N) is 2. The van der Waals surface area contributed by atoms with Gasteiger partial charge in [0.25, 0.3) is 0 Å². The van der Waals surface area contributed by atoms with E-state index < -0.39 is 0 Å². The number of likely N-dealkylation sites (tertiary alicyclic amines) is 2. The van der Waals surface area contributed by atoms with E-state index in [-0.39, 0.29) is 0 Å². The first-order chi connectivity index (χ1) is 15.7. The molecule has 0 aliphatic carbocycles. The average Bonchev–Trinajstić information content (AvgIpc) is 3.54. The van der Waals surface area contributed by atoms with Crippen molar-refractivity contribution in [1.29, 1.82) is 0 Å². The molecule has 1 aromatic heterocycles. The summed E-state index contributed by atoms with van der Waals surface area (Å²) in [6.45, 7) is 9.34. The molecule has 32 heavy (non-hydrogen) atoms. The minimum Gasteiger partial charge on any atom is -0.370 e. The van der Waals surface area contributed by atoms with Gasteiger partial charge >= 0.3 is 0 Å². The van der Waals surface area contributed by atoms with Crippen LogP contribution in [0, 0.1) is 0 Å². The fourth-order valence-corrected chi connectivity index (χ4v) is 5.40. The summed E-state index contributed by atoms with van der Waals surface area (Å²) in [6.07, 6.45) is 8.28. The van der Waals surface area contributed by atoms with E-state index in [2.05, 4.69) is 76.7 Å². The van der Waals surface area contributed by atoms with Crippen molar-refractivity contribution in [3.8, 4) is 0 Å². The van der Waals surface area contributed by atoms with Crippen molar-refractivity contribution in [3.63, 3.8) is 0 Å². The van der Waals surface area contributed by atoms with E-state index in [1.807, 2.05) is 0 Å². The molecule has 2 atom stereocenters. The van der Waals surface area contributed by atoms with Gasteiger partial charge in [0.1, 0.15) is 0 Å². The predicted octanol–water partition coefficient (Wildman–Crippen LogP) is 5.88. The summed E-state index contributed by atoms with van der Waals surface area (Å²) in [6, 6.07) is 15.5. The van der Waals surface area contributed by atoms with E-state index in [9.17, 15) is 0 Å². The van der Waals surface area contributed by atoms with E-state index >= 15 is 0 Å². The van der Waals surface area contributed by atoms with Crippen LogP contribution in [0.2, 0.25) is 0 Å². The quantitative estimate of drug-likeness (QED) is 0.436. The molecule has 0 bridgehead atoms. The van der Waals surface area contributed by atoms with Crippen molar-refractivity contribution in [3.05, 3.63) is 42.5 Å². The van der Waals surface area contributed by atoms with Crippen LogP contribution in [0.15, 0.2) is 42.5 Å². The third-order valence-electron chi connectivity index (χ3n) is 7.22. The monoisotopic (exact) mass is 431 g/mol. The Balaban J connectivity index is 1.39. The molecule has 0 radical (unpaired) electrons. The lowest BCUT2D eigenvalue weighted by molar-refractivity contribution is 0.261. The number of rotatable bonds is 8. The molecule has 2 aliphatic rings. The van der Waals surface area contributed by atoms with Gasteiger partial charge in [0.15, 0.2) is 0 Å². The first-order valence-corrected chi connectivity index (χ1v) is 12.6. The number of hydrogen-bond donors (Lipinski definition) is 2. The minimum atomic E-state index is 0.405. The van der Waals surface area contributed by atoms with Gasteiger partial charge in [-0.05, 0) is 68.9 Å². The molecule has 3 aromatic rings. The summed E-state index contributed by atoms with van der Waals surface area (Å²) >= 11 is 0. The van der Waals surface area contributed by atoms with Crippen LogP contribution in [0.25, 0.3) is 21.8 Å². The molecule has 5 heteroatoms. The molecule has 5 nitrogen and oxygen atoms in total. The van der Waals surface area contributed by atoms with Gasteiger partial charge in [-0.25, -0.2) is 4.98 Å². The first kappa shape index (κ1) is 21.5. The van der Waals surface area contributed by atoms with Crippen molar-refractivity contribution >= 4 is 33.2 Å². The van der Waals surface area contributed by atoms with Gasteiger partial charge in [-0.1, -0.05) is 26.0 Å². The third kappa shape index (κ3) is 4.55. The molecule has 5 rings (SSSR count). The topological polar surface area (TPSA) is 43.4 Å². The Labute approximate surface area is 192 Å². The Morgan fingerprint density at radius 3 is 1.53 bits per heavy atom. The van der Waals surface area contributed by atoms with Crippen LogP contribution < -0.4 is 10.6 Å². The summed E-state index contributed by atoms with van der Waals surface area (Å²) in [7, 11) is 0. The molecule has 170 valence electrons. The number of nitrogens with zero attached hydrogens (tertiary/aromatic N) is 3. The SMILES string of the molecule is CCC(Nc1ccc2cc3ccc(NC(CC)N4CCCC4)cc3nc2c1)N1CCCC1. The zero-order chi connectivity index (χ0) is 21.9. The maximum atomic E-state index is 5.05. The highest BCUT2D eigenvalue weighted by atomic mass is 15.3. The van der Waals surface area contributed by atoms with E-state index in [1.165, 1.54) is 62.6 Å². The second-order valence-corrected chi connectivity index (χ2v) is 9.43. The molecular weight excluding hydrogens is 394 g/mol. The van der Waals surface area contributed by atoms with Gasteiger partial charge in [-0.3, -0.25) is 9.80 Å². The number of anilines is 2. The van der Waals surface area contributed by atoms with Crippen LogP contribution in [0.5, 0.6) is 0 Å². The summed E-state index contributed by atoms with van der Waals surface area (Å²) in [4.78, 5) is 10.2. The van der Waals surface area contributed by atoms with Crippen LogP contribution in [-0.2, 0) is 0 Å². The summed E-state index contributed by atoms with van der Waals surface area (Å²) in [5, 5.41) is 9.90. The zero-order valence-corrected chi connectivity index (χ0v) is 19.6. The number of fused-ring (bicyclic) bond motifs is 2. The lowest BCUT2D eigenvalue weighted by Crippen LogP contribution is -2.38. The normalized spacial score (nSPS) is 19.6. The van der Waals surface area contributed by atoms with Crippen LogP contribution in [0.1, 0.15) is 52.4 Å². The summed E-state index contributed by atoms with van der Waals surface area (Å²) < 4.78 is 0. The molecule has 2 saturated heterocycles. The lowest BCUT2D eigenvalue weighted by Gasteiger charge is -2.28. The van der Waals surface area contributed by atoms with Gasteiger partial charge in [-0.2, -0.15) is 0 Å². The highest BCUT2D eigenvalue weighted by Crippen LogP contribution is 2.27. The number of pyridine rings is 1. The molecule has 2 aromatic carbocycles. The smallest absolute Gasteiger partial charge is 0.0790 e. The van der Waals surface area contributed by atoms with Gasteiger partial charge < -0.3 is 10.6 Å². The lowest BCUT2D eigenvalue weighted by atomic mass is 10.1. The van der Waals surface area contributed by atoms with Crippen LogP contribution in [0.3, 0.4) is 0 Å². The summed E-state index contributed by atoms with van der Waals surface area (Å²) in [5.41, 5.74) is 4.44. The standard InChI is InChI=1S/C27H37N5/c1-3-26(31-13-5-6-14-31)28-22-11-9-20-17-21-10-12-23(19-25(21)30-24(20)18-22)29-27(4-2)32-15-7-8-16-32/h9-12,17-19,26-29H,3-8,13-16H2,1-2H3. The Hall–Kier alpha value is -2.37. The van der Waals surface area contributed by atoms with E-state index in [4.69, 9.17) is 4.98 Å². The Kier molecular flexibility index (Phi) is 6.47. The van der Waals surface area contributed by atoms with Crippen molar-refractivity contribution in [2.24, 2.45) is 0 Å². The molecule has 0 spiro atoms. The van der Waals surface area contributed by atoms with Gasteiger partial charge in [0, 0.05) is 48.3 Å². The maximum Gasteiger partial charge on any atom is 0.0790 e. The average molecular weight is 432 g/mol. The highest BCUT2D eigenvalue weighted by Gasteiger charge is 2.21. The molecule has 2 N–H and O–H groups in total. The van der Waals surface area contributed by atoms with E-state index in [0.29, 0.717) is 12.3 Å². The Bertz CT molecular complexity index is 972. The maximum absolute atomic E-state index is 5.05. The third-order valence-corrected chi connectivity index (χ3v) is 7.22. The number of aromatic nitrogens is 1. The second-order valence-electron chi connectivity index (χ2n) is 9.43. The molecule has 2 unspecified atom stereocenters. The zero-order valence-electron chi connectivity index (χ0n) is 19.6. The molecule has 2 aliphatic heterocycles. The first-order valence-electron chi connectivity index (χ1n) is 12.6. The van der Waals surface area contributed by atoms with Crippen LogP contribution in [0.4, 0.5) is 11.4 Å². The Morgan fingerprint density at radius 2 is 1.12 bits per heavy atom. The molecular formula is C27H37N5. The van der Waals surface area contributed by atoms with Crippen LogP contribution >= 0.6 is 0 Å². The van der Waals surface area contributed by atoms with E-state index in [0.717, 1.165) is 35.2 Å². The fourth-order valence-electron chi connectivity index (χ4n) is 5.40. The van der Waals surface area contributed by atoms with Gasteiger partial charge in [0.2, 0.25) is 0 Å². The largest absolute Gasteiger partial charge is 0.370 e. The Morgan fingerprint density at radius 1 is 0.688 bits per heavy atom. The van der Waals surface area contributed by atoms with E-state index in [1.54, 1.807) is 0 Å². The molecule has 0 saturated carbocycles. The number of hydrogen-bond acceptors (Lipinski definition) is 5. The highest BCUT2D eigenvalue weighted by molar-refractivity contribution is 5.95. The van der Waals surface area contributed by atoms with Crippen molar-refractivity contribution in [2.45, 2.75) is 64.7 Å². The minimum absolute atomic E-state index is 0.405. The second kappa shape index (κ2) is 9.63. The number of benzene rings is 2. The predicted molar refractivity (Wildman–Crippen MR) is 136 cm³/mol. The molecule has 3 heterocycles. The van der Waals surface area contributed by atoms with Crippen LogP contribution in [-0.4, -0.2) is 53.3 Å². The van der Waals surface area contributed by atoms with Gasteiger partial charge in [-0.15, -0.1) is 0 Å². The summed E-state index contributed by atoms with van der Waals surface area (Å²) in [5.74, 6) is 0. The van der Waals surface area contributed by atoms with Crippen molar-refractivity contribution < 1.29 is 0 Å². The molecule has 2 fully saturated rings. The van der Waals surface area contributed by atoms with Crippen molar-refractivity contribution in [2.75, 3.05) is 36.8 Å².